The molecule has 5 aromatic rings. The molecule has 126 valence electrons. The average Bonchev–Trinajstić information content (AvgIpc) is 2.76. The Morgan fingerprint density at radius 1 is 0.643 bits per heavy atom. The smallest absolute Gasteiger partial charge is 0.102 e. The van der Waals surface area contributed by atoms with Crippen LogP contribution in [0.25, 0.3) is 43.4 Å². The Hall–Kier alpha value is -4.53. The summed E-state index contributed by atoms with van der Waals surface area (Å²) in [5.74, 6) is 0. The van der Waals surface area contributed by atoms with Crippen LogP contribution in [0.5, 0.6) is 0 Å². The highest BCUT2D eigenvalue weighted by molar-refractivity contribution is 6.26. The first kappa shape index (κ1) is 15.7. The van der Waals surface area contributed by atoms with Crippen LogP contribution in [0.1, 0.15) is 16.7 Å². The van der Waals surface area contributed by atoms with E-state index in [0.717, 1.165) is 21.5 Å². The third kappa shape index (κ3) is 1.98. The summed E-state index contributed by atoms with van der Waals surface area (Å²) in [5, 5.41) is 34.0. The molecule has 5 nitrogen and oxygen atoms in total. The topological polar surface area (TPSA) is 97.2 Å². The Kier molecular flexibility index (Phi) is 3.22. The number of rotatable bonds is 0. The molecule has 0 aliphatic heterocycles. The Bertz CT molecular complexity index is 1590. The van der Waals surface area contributed by atoms with Crippen molar-refractivity contribution in [1.82, 2.24) is 9.97 Å². The van der Waals surface area contributed by atoms with Crippen molar-refractivity contribution < 1.29 is 0 Å². The molecule has 1 aromatic heterocycles. The first-order valence-electron chi connectivity index (χ1n) is 8.53. The van der Waals surface area contributed by atoms with Crippen LogP contribution in [-0.4, -0.2) is 9.97 Å². The summed E-state index contributed by atoms with van der Waals surface area (Å²) in [6.07, 6.45) is 3.22. The summed E-state index contributed by atoms with van der Waals surface area (Å²) in [7, 11) is 0. The highest BCUT2D eigenvalue weighted by Gasteiger charge is 2.20. The first-order valence-corrected chi connectivity index (χ1v) is 8.53. The lowest BCUT2D eigenvalue weighted by Crippen LogP contribution is -1.96. The standard InChI is InChI=1S/C23H9N5/c24-10-15-9-18-21(20(12-26)19(15)11-25)16-7-13-3-1-2-4-14(13)8-17(16)22-23(18)28-6-5-27-22/h1-9H. The number of aromatic nitrogens is 2. The monoisotopic (exact) mass is 355 g/mol. The van der Waals surface area contributed by atoms with Crippen molar-refractivity contribution in [1.29, 1.82) is 15.8 Å². The number of nitriles is 3. The Balaban J connectivity index is 2.21. The van der Waals surface area contributed by atoms with E-state index in [-0.39, 0.29) is 16.7 Å². The SMILES string of the molecule is N#Cc1cc2c3nccnc3c3cc4ccccc4cc3c2c(C#N)c1C#N. The number of hydrogen-bond acceptors (Lipinski definition) is 5. The lowest BCUT2D eigenvalue weighted by Gasteiger charge is -2.13. The largest absolute Gasteiger partial charge is 0.252 e. The molecule has 5 rings (SSSR count). The molecule has 28 heavy (non-hydrogen) atoms. The van der Waals surface area contributed by atoms with E-state index in [9.17, 15) is 15.8 Å². The van der Waals surface area contributed by atoms with Crippen LogP contribution in [0.4, 0.5) is 0 Å². The zero-order valence-corrected chi connectivity index (χ0v) is 14.4. The van der Waals surface area contributed by atoms with Gasteiger partial charge in [-0.25, -0.2) is 0 Å². The van der Waals surface area contributed by atoms with Crippen LogP contribution >= 0.6 is 0 Å². The van der Waals surface area contributed by atoms with Crippen LogP contribution in [-0.2, 0) is 0 Å². The highest BCUT2D eigenvalue weighted by atomic mass is 14.8. The van der Waals surface area contributed by atoms with E-state index in [4.69, 9.17) is 0 Å². The minimum absolute atomic E-state index is 0.0928. The molecule has 0 aliphatic carbocycles. The quantitative estimate of drug-likeness (QED) is 0.296. The summed E-state index contributed by atoms with van der Waals surface area (Å²) in [4.78, 5) is 9.01. The van der Waals surface area contributed by atoms with Crippen molar-refractivity contribution in [3.8, 4) is 18.2 Å². The van der Waals surface area contributed by atoms with Crippen LogP contribution < -0.4 is 0 Å². The van der Waals surface area contributed by atoms with E-state index in [1.165, 1.54) is 0 Å². The molecule has 0 radical (unpaired) electrons. The van der Waals surface area contributed by atoms with Crippen molar-refractivity contribution in [3.05, 3.63) is 71.5 Å². The minimum atomic E-state index is 0.0928. The van der Waals surface area contributed by atoms with E-state index < -0.39 is 0 Å². The van der Waals surface area contributed by atoms with Gasteiger partial charge in [-0.1, -0.05) is 24.3 Å². The third-order valence-electron chi connectivity index (χ3n) is 5.04. The van der Waals surface area contributed by atoms with Crippen molar-refractivity contribution in [2.45, 2.75) is 0 Å². The molecule has 1 heterocycles. The third-order valence-corrected chi connectivity index (χ3v) is 5.04. The molecule has 0 saturated carbocycles. The van der Waals surface area contributed by atoms with E-state index in [1.807, 2.05) is 48.5 Å². The van der Waals surface area contributed by atoms with Crippen LogP contribution in [0.3, 0.4) is 0 Å². The molecule has 0 atom stereocenters. The van der Waals surface area contributed by atoms with Gasteiger partial charge in [-0.05, 0) is 34.4 Å². The van der Waals surface area contributed by atoms with Gasteiger partial charge in [0.2, 0.25) is 0 Å². The van der Waals surface area contributed by atoms with Crippen LogP contribution in [0.2, 0.25) is 0 Å². The van der Waals surface area contributed by atoms with E-state index >= 15 is 0 Å². The lowest BCUT2D eigenvalue weighted by molar-refractivity contribution is 1.31. The molecule has 0 aliphatic rings. The Morgan fingerprint density at radius 2 is 1.25 bits per heavy atom. The normalized spacial score (nSPS) is 10.8. The van der Waals surface area contributed by atoms with Gasteiger partial charge in [-0.15, -0.1) is 0 Å². The number of benzene rings is 4. The maximum absolute atomic E-state index is 9.87. The zero-order chi connectivity index (χ0) is 19.3. The molecule has 0 spiro atoms. The summed E-state index contributed by atoms with van der Waals surface area (Å²) < 4.78 is 0. The molecule has 0 unspecified atom stereocenters. The molecule has 0 N–H and O–H groups in total. The van der Waals surface area contributed by atoms with Gasteiger partial charge in [0.1, 0.15) is 18.2 Å². The van der Waals surface area contributed by atoms with E-state index in [2.05, 4.69) is 16.0 Å². The van der Waals surface area contributed by atoms with Gasteiger partial charge in [-0.2, -0.15) is 15.8 Å². The van der Waals surface area contributed by atoms with E-state index in [0.29, 0.717) is 21.8 Å². The van der Waals surface area contributed by atoms with E-state index in [1.54, 1.807) is 18.5 Å². The minimum Gasteiger partial charge on any atom is -0.252 e. The summed E-state index contributed by atoms with van der Waals surface area (Å²) in [5.41, 5.74) is 1.77. The van der Waals surface area contributed by atoms with Crippen molar-refractivity contribution >= 4 is 43.4 Å². The molecule has 0 fully saturated rings. The lowest BCUT2D eigenvalue weighted by atomic mass is 9.89. The van der Waals surface area contributed by atoms with Gasteiger partial charge in [-0.3, -0.25) is 9.97 Å². The second kappa shape index (κ2) is 5.74. The molecular weight excluding hydrogens is 346 g/mol. The molecular formula is C23H9N5. The fourth-order valence-electron chi connectivity index (χ4n) is 3.84. The molecule has 4 aromatic carbocycles. The van der Waals surface area contributed by atoms with Crippen molar-refractivity contribution in [2.75, 3.05) is 0 Å². The van der Waals surface area contributed by atoms with Gasteiger partial charge >= 0.3 is 0 Å². The maximum atomic E-state index is 9.87. The summed E-state index contributed by atoms with van der Waals surface area (Å²) in [6, 6.07) is 19.8. The fourth-order valence-corrected chi connectivity index (χ4v) is 3.84. The summed E-state index contributed by atoms with van der Waals surface area (Å²) in [6.45, 7) is 0. The Labute approximate surface area is 159 Å². The zero-order valence-electron chi connectivity index (χ0n) is 14.4. The second-order valence-corrected chi connectivity index (χ2v) is 6.43. The van der Waals surface area contributed by atoms with Crippen LogP contribution in [0.15, 0.2) is 54.9 Å². The molecule has 0 amide bonds. The van der Waals surface area contributed by atoms with Crippen molar-refractivity contribution in [3.63, 3.8) is 0 Å². The summed E-state index contributed by atoms with van der Waals surface area (Å²) >= 11 is 0. The van der Waals surface area contributed by atoms with Crippen LogP contribution in [0, 0.1) is 34.0 Å². The predicted octanol–water partition coefficient (Wildman–Crippen LogP) is 4.70. The molecule has 5 heteroatoms. The number of hydrogen-bond donors (Lipinski definition) is 0. The highest BCUT2D eigenvalue weighted by Crippen LogP contribution is 2.38. The van der Waals surface area contributed by atoms with Gasteiger partial charge in [0, 0.05) is 28.6 Å². The average molecular weight is 355 g/mol. The van der Waals surface area contributed by atoms with Gasteiger partial charge in [0.15, 0.2) is 0 Å². The van der Waals surface area contributed by atoms with Gasteiger partial charge < -0.3 is 0 Å². The number of fused-ring (bicyclic) bond motifs is 7. The predicted molar refractivity (Wildman–Crippen MR) is 106 cm³/mol. The number of nitrogens with zero attached hydrogens (tertiary/aromatic N) is 5. The Morgan fingerprint density at radius 3 is 1.86 bits per heavy atom. The van der Waals surface area contributed by atoms with Gasteiger partial charge in [0.05, 0.1) is 27.7 Å². The maximum Gasteiger partial charge on any atom is 0.102 e. The first-order chi connectivity index (χ1) is 13.8. The van der Waals surface area contributed by atoms with Gasteiger partial charge in [0.25, 0.3) is 0 Å². The fraction of sp³-hybridized carbons (Fsp3) is 0. The van der Waals surface area contributed by atoms with Crippen molar-refractivity contribution in [2.24, 2.45) is 0 Å². The molecule has 0 saturated heterocycles. The molecule has 0 bridgehead atoms. The second-order valence-electron chi connectivity index (χ2n) is 6.43.